The van der Waals surface area contributed by atoms with E-state index >= 15 is 0 Å². The van der Waals surface area contributed by atoms with Gasteiger partial charge >= 0.3 is 0 Å². The lowest BCUT2D eigenvalue weighted by Crippen LogP contribution is -2.29. The molecule has 0 aliphatic heterocycles. The van der Waals surface area contributed by atoms with Gasteiger partial charge in [-0.2, -0.15) is 0 Å². The molecule has 0 aromatic heterocycles. The summed E-state index contributed by atoms with van der Waals surface area (Å²) in [4.78, 5) is 11.7. The van der Waals surface area contributed by atoms with Crippen molar-refractivity contribution in [2.45, 2.75) is 85.0 Å². The highest BCUT2D eigenvalue weighted by Gasteiger charge is 2.10. The van der Waals surface area contributed by atoms with Gasteiger partial charge in [-0.25, -0.2) is 0 Å². The molecule has 0 radical (unpaired) electrons. The lowest BCUT2D eigenvalue weighted by atomic mass is 10.0. The van der Waals surface area contributed by atoms with Gasteiger partial charge in [0, 0.05) is 12.5 Å². The first-order chi connectivity index (χ1) is 12.7. The quantitative estimate of drug-likeness (QED) is 0.235. The average Bonchev–Trinajstić information content (AvgIpc) is 2.65. The molecule has 0 bridgehead atoms. The Labute approximate surface area is 162 Å². The normalized spacial score (nSPS) is 13.5. The van der Waals surface area contributed by atoms with Crippen molar-refractivity contribution >= 4 is 5.91 Å². The Balaban J connectivity index is 3.58. The molecule has 0 aliphatic carbocycles. The molecule has 0 rings (SSSR count). The first-order valence-electron chi connectivity index (χ1n) is 10.6. The Morgan fingerprint density at radius 3 is 1.85 bits per heavy atom. The van der Waals surface area contributed by atoms with Gasteiger partial charge in [0.1, 0.15) is 0 Å². The molecule has 1 amide bonds. The monoisotopic (exact) mass is 359 g/mol. The Morgan fingerprint density at radius 1 is 0.769 bits per heavy atom. The number of nitrogens with one attached hydrogen (secondary N) is 1. The fraction of sp³-hybridized carbons (Fsp3) is 0.625. The molecule has 0 fully saturated rings. The lowest BCUT2D eigenvalue weighted by molar-refractivity contribution is -0.124. The average molecular weight is 360 g/mol. The Kier molecular flexibility index (Phi) is 18.6. The third-order valence-electron chi connectivity index (χ3n) is 4.22. The van der Waals surface area contributed by atoms with Crippen molar-refractivity contribution in [3.8, 4) is 0 Å². The molecule has 148 valence electrons. The second-order valence-corrected chi connectivity index (χ2v) is 6.86. The van der Waals surface area contributed by atoms with Crippen molar-refractivity contribution < 1.29 is 4.79 Å². The summed E-state index contributed by atoms with van der Waals surface area (Å²) in [5.74, 6) is 0.287. The van der Waals surface area contributed by atoms with Gasteiger partial charge in [-0.15, -0.1) is 0 Å². The van der Waals surface area contributed by atoms with E-state index in [9.17, 15) is 4.79 Å². The van der Waals surface area contributed by atoms with Crippen molar-refractivity contribution in [1.82, 2.24) is 5.32 Å². The van der Waals surface area contributed by atoms with Gasteiger partial charge in [-0.3, -0.25) is 4.79 Å². The summed E-state index contributed by atoms with van der Waals surface area (Å²) < 4.78 is 0. The fourth-order valence-electron chi connectivity index (χ4n) is 2.46. The summed E-state index contributed by atoms with van der Waals surface area (Å²) in [6.45, 7) is 7.11. The molecule has 2 heteroatoms. The zero-order chi connectivity index (χ0) is 19.3. The maximum absolute atomic E-state index is 11.7. The van der Waals surface area contributed by atoms with E-state index in [2.05, 4.69) is 67.8 Å². The van der Waals surface area contributed by atoms with Crippen LogP contribution in [-0.2, 0) is 4.79 Å². The number of amides is 1. The number of allylic oxidation sites excluding steroid dienone is 8. The van der Waals surface area contributed by atoms with Crippen LogP contribution < -0.4 is 5.32 Å². The van der Waals surface area contributed by atoms with Crippen LogP contribution in [-0.4, -0.2) is 12.5 Å². The van der Waals surface area contributed by atoms with Crippen molar-refractivity contribution in [3.05, 3.63) is 48.6 Å². The van der Waals surface area contributed by atoms with Gasteiger partial charge in [-0.1, -0.05) is 82.2 Å². The number of carbonyl (C=O) groups excluding carboxylic acids is 1. The summed E-state index contributed by atoms with van der Waals surface area (Å²) in [7, 11) is 0. The third-order valence-corrected chi connectivity index (χ3v) is 4.22. The van der Waals surface area contributed by atoms with Crippen molar-refractivity contribution in [2.75, 3.05) is 6.54 Å². The van der Waals surface area contributed by atoms with Gasteiger partial charge in [0.25, 0.3) is 0 Å². The summed E-state index contributed by atoms with van der Waals surface area (Å²) in [6.07, 6.45) is 28.9. The molecule has 0 saturated carbocycles. The predicted octanol–water partition coefficient (Wildman–Crippen LogP) is 6.90. The van der Waals surface area contributed by atoms with E-state index in [1.54, 1.807) is 0 Å². The van der Waals surface area contributed by atoms with Crippen molar-refractivity contribution in [2.24, 2.45) is 5.92 Å². The molecule has 1 atom stereocenters. The van der Waals surface area contributed by atoms with Gasteiger partial charge in [0.2, 0.25) is 5.91 Å². The first-order valence-corrected chi connectivity index (χ1v) is 10.6. The smallest absolute Gasteiger partial charge is 0.222 e. The summed E-state index contributed by atoms with van der Waals surface area (Å²) in [5, 5.41) is 2.95. The van der Waals surface area contributed by atoms with Crippen LogP contribution in [0.1, 0.15) is 85.0 Å². The van der Waals surface area contributed by atoms with Crippen molar-refractivity contribution in [1.29, 1.82) is 0 Å². The maximum Gasteiger partial charge on any atom is 0.222 e. The topological polar surface area (TPSA) is 29.1 Å². The van der Waals surface area contributed by atoms with E-state index in [0.29, 0.717) is 0 Å². The number of unbranched alkanes of at least 4 members (excludes halogenated alkanes) is 3. The lowest BCUT2D eigenvalue weighted by Gasteiger charge is -2.09. The number of hydrogen-bond donors (Lipinski definition) is 1. The Bertz CT molecular complexity index is 431. The van der Waals surface area contributed by atoms with E-state index in [-0.39, 0.29) is 11.8 Å². The minimum absolute atomic E-state index is 0.104. The van der Waals surface area contributed by atoms with E-state index in [1.807, 2.05) is 6.92 Å². The van der Waals surface area contributed by atoms with E-state index < -0.39 is 0 Å². The molecule has 0 aromatic rings. The summed E-state index contributed by atoms with van der Waals surface area (Å²) in [5.41, 5.74) is 0. The minimum atomic E-state index is 0.104. The second kappa shape index (κ2) is 19.8. The fourth-order valence-corrected chi connectivity index (χ4v) is 2.46. The number of hydrogen-bond acceptors (Lipinski definition) is 1. The standard InChI is InChI=1S/C24H41NO/c1-4-6-7-8-9-10-11-12-13-14-15-16-17-18-19-20-21-23(3)24(26)25-22-5-2/h9-10,12-13,15-16,18-19,23H,4-8,11,14,17,20-22H2,1-3H3,(H,25,26)/b10-9-,13-12-,16-15-,19-18-. The second-order valence-electron chi connectivity index (χ2n) is 6.86. The Hall–Kier alpha value is -1.57. The van der Waals surface area contributed by atoms with Crippen molar-refractivity contribution in [3.63, 3.8) is 0 Å². The first kappa shape index (κ1) is 24.4. The highest BCUT2D eigenvalue weighted by molar-refractivity contribution is 5.78. The van der Waals surface area contributed by atoms with Crippen LogP contribution >= 0.6 is 0 Å². The molecule has 0 aromatic carbocycles. The van der Waals surface area contributed by atoms with E-state index in [1.165, 1.54) is 25.7 Å². The van der Waals surface area contributed by atoms with Crippen LogP contribution in [0.25, 0.3) is 0 Å². The van der Waals surface area contributed by atoms with E-state index in [4.69, 9.17) is 0 Å². The molecule has 26 heavy (non-hydrogen) atoms. The molecule has 1 N–H and O–H groups in total. The zero-order valence-corrected chi connectivity index (χ0v) is 17.4. The van der Waals surface area contributed by atoms with Crippen LogP contribution in [0, 0.1) is 5.92 Å². The Morgan fingerprint density at radius 2 is 1.31 bits per heavy atom. The van der Waals surface area contributed by atoms with Crippen LogP contribution in [0.15, 0.2) is 48.6 Å². The molecule has 0 spiro atoms. The molecular weight excluding hydrogens is 318 g/mol. The van der Waals surface area contributed by atoms with Gasteiger partial charge in [-0.05, 0) is 51.4 Å². The van der Waals surface area contributed by atoms with Gasteiger partial charge in [0.05, 0.1) is 0 Å². The predicted molar refractivity (Wildman–Crippen MR) is 116 cm³/mol. The van der Waals surface area contributed by atoms with Gasteiger partial charge < -0.3 is 5.32 Å². The number of rotatable bonds is 16. The SMILES string of the molecule is CCCCC/C=C\C/C=C\C/C=C\C/C=C\CCC(C)C(=O)NCCC. The highest BCUT2D eigenvalue weighted by atomic mass is 16.1. The maximum atomic E-state index is 11.7. The minimum Gasteiger partial charge on any atom is -0.356 e. The summed E-state index contributed by atoms with van der Waals surface area (Å²) >= 11 is 0. The molecule has 1 unspecified atom stereocenters. The van der Waals surface area contributed by atoms with Gasteiger partial charge in [0.15, 0.2) is 0 Å². The highest BCUT2D eigenvalue weighted by Crippen LogP contribution is 2.07. The van der Waals surface area contributed by atoms with Crippen LogP contribution in [0.2, 0.25) is 0 Å². The molecule has 0 heterocycles. The van der Waals surface area contributed by atoms with Crippen LogP contribution in [0.5, 0.6) is 0 Å². The molecule has 2 nitrogen and oxygen atoms in total. The largest absolute Gasteiger partial charge is 0.356 e. The van der Waals surface area contributed by atoms with Crippen LogP contribution in [0.3, 0.4) is 0 Å². The van der Waals surface area contributed by atoms with Crippen LogP contribution in [0.4, 0.5) is 0 Å². The molecule has 0 saturated heterocycles. The zero-order valence-electron chi connectivity index (χ0n) is 17.4. The number of carbonyl (C=O) groups is 1. The third kappa shape index (κ3) is 17.3. The van der Waals surface area contributed by atoms with E-state index in [0.717, 1.165) is 45.1 Å². The summed E-state index contributed by atoms with van der Waals surface area (Å²) in [6, 6.07) is 0. The molecular formula is C24H41NO. The molecule has 0 aliphatic rings.